The second-order valence-corrected chi connectivity index (χ2v) is 7.61. The summed E-state index contributed by atoms with van der Waals surface area (Å²) in [5.41, 5.74) is 1.83. The summed E-state index contributed by atoms with van der Waals surface area (Å²) in [6, 6.07) is 10.4. The van der Waals surface area contributed by atoms with Gasteiger partial charge in [0, 0.05) is 19.3 Å². The maximum atomic E-state index is 12.8. The minimum Gasteiger partial charge on any atom is -0.375 e. The number of hydrogen-bond acceptors (Lipinski definition) is 3. The third-order valence-corrected chi connectivity index (χ3v) is 4.54. The Morgan fingerprint density at radius 1 is 1.28 bits per heavy atom. The van der Waals surface area contributed by atoms with Crippen LogP contribution in [-0.2, 0) is 16.7 Å². The number of carbonyl (C=O) groups is 1. The van der Waals surface area contributed by atoms with Crippen molar-refractivity contribution in [3.05, 3.63) is 53.9 Å². The molecule has 1 aromatic heterocycles. The molecule has 1 amide bonds. The van der Waals surface area contributed by atoms with Crippen molar-refractivity contribution in [2.45, 2.75) is 45.3 Å². The van der Waals surface area contributed by atoms with Crippen LogP contribution in [0.1, 0.15) is 43.1 Å². The Hall–Kier alpha value is -2.14. The Balaban J connectivity index is 1.59. The number of carbonyl (C=O) groups excluding carboxylic acids is 1. The predicted molar refractivity (Wildman–Crippen MR) is 97.6 cm³/mol. The highest BCUT2D eigenvalue weighted by Gasteiger charge is 2.26. The average molecular weight is 341 g/mol. The van der Waals surface area contributed by atoms with Gasteiger partial charge in [-0.3, -0.25) is 9.48 Å². The Morgan fingerprint density at radius 2 is 2.04 bits per heavy atom. The molecule has 2 aromatic rings. The molecule has 1 aliphatic heterocycles. The third kappa shape index (κ3) is 4.48. The number of hydrogen-bond donors (Lipinski definition) is 0. The summed E-state index contributed by atoms with van der Waals surface area (Å²) >= 11 is 0. The van der Waals surface area contributed by atoms with Gasteiger partial charge in [-0.05, 0) is 39.2 Å². The predicted octanol–water partition coefficient (Wildman–Crippen LogP) is 3.11. The first-order valence-electron chi connectivity index (χ1n) is 8.93. The lowest BCUT2D eigenvalue weighted by Gasteiger charge is -2.33. The lowest BCUT2D eigenvalue weighted by Crippen LogP contribution is -2.45. The first-order chi connectivity index (χ1) is 11.9. The van der Waals surface area contributed by atoms with Gasteiger partial charge in [0.1, 0.15) is 0 Å². The normalized spacial score (nSPS) is 18.4. The van der Waals surface area contributed by atoms with Gasteiger partial charge in [-0.1, -0.05) is 30.3 Å². The van der Waals surface area contributed by atoms with E-state index in [1.165, 1.54) is 5.56 Å². The smallest absolute Gasteiger partial charge is 0.257 e. The number of rotatable bonds is 4. The topological polar surface area (TPSA) is 47.4 Å². The Kier molecular flexibility index (Phi) is 5.23. The van der Waals surface area contributed by atoms with Crippen LogP contribution in [0.15, 0.2) is 42.7 Å². The molecule has 0 radical (unpaired) electrons. The number of nitrogens with zero attached hydrogens (tertiary/aromatic N) is 3. The van der Waals surface area contributed by atoms with Crippen LogP contribution in [0, 0.1) is 0 Å². The van der Waals surface area contributed by atoms with E-state index >= 15 is 0 Å². The van der Waals surface area contributed by atoms with Gasteiger partial charge in [0.25, 0.3) is 5.91 Å². The number of amides is 1. The third-order valence-electron chi connectivity index (χ3n) is 4.54. The molecule has 1 aromatic carbocycles. The van der Waals surface area contributed by atoms with Crippen molar-refractivity contribution in [1.82, 2.24) is 14.7 Å². The van der Waals surface area contributed by atoms with E-state index in [2.05, 4.69) is 50.1 Å². The quantitative estimate of drug-likeness (QED) is 0.858. The molecule has 25 heavy (non-hydrogen) atoms. The van der Waals surface area contributed by atoms with Gasteiger partial charge >= 0.3 is 0 Å². The van der Waals surface area contributed by atoms with E-state index in [4.69, 9.17) is 4.74 Å². The molecule has 1 fully saturated rings. The van der Waals surface area contributed by atoms with E-state index in [1.807, 2.05) is 21.8 Å². The molecular formula is C20H27N3O2. The van der Waals surface area contributed by atoms with E-state index in [-0.39, 0.29) is 17.6 Å². The summed E-state index contributed by atoms with van der Waals surface area (Å²) in [5.74, 6) is 0.0449. The molecule has 0 spiro atoms. The molecule has 0 aliphatic carbocycles. The lowest BCUT2D eigenvalue weighted by molar-refractivity contribution is -0.0246. The van der Waals surface area contributed by atoms with E-state index in [1.54, 1.807) is 6.20 Å². The van der Waals surface area contributed by atoms with Crippen molar-refractivity contribution in [2.75, 3.05) is 19.7 Å². The molecule has 0 N–H and O–H groups in total. The Morgan fingerprint density at radius 3 is 2.72 bits per heavy atom. The molecule has 1 aliphatic rings. The van der Waals surface area contributed by atoms with E-state index in [0.717, 1.165) is 12.8 Å². The maximum Gasteiger partial charge on any atom is 0.257 e. The molecule has 134 valence electrons. The number of morpholine rings is 1. The number of aromatic nitrogens is 2. The fraction of sp³-hybridized carbons (Fsp3) is 0.500. The van der Waals surface area contributed by atoms with E-state index in [9.17, 15) is 4.79 Å². The van der Waals surface area contributed by atoms with Crippen molar-refractivity contribution in [3.8, 4) is 0 Å². The monoisotopic (exact) mass is 341 g/mol. The summed E-state index contributed by atoms with van der Waals surface area (Å²) in [6.45, 7) is 8.10. The van der Waals surface area contributed by atoms with Crippen molar-refractivity contribution in [1.29, 1.82) is 0 Å². The summed E-state index contributed by atoms with van der Waals surface area (Å²) in [7, 11) is 0. The number of aryl methyl sites for hydroxylation is 1. The minimum absolute atomic E-state index is 0.0449. The zero-order valence-electron chi connectivity index (χ0n) is 15.3. The van der Waals surface area contributed by atoms with Crippen LogP contribution in [-0.4, -0.2) is 46.4 Å². The largest absolute Gasteiger partial charge is 0.375 e. The van der Waals surface area contributed by atoms with Gasteiger partial charge in [-0.25, -0.2) is 0 Å². The molecule has 3 rings (SSSR count). The van der Waals surface area contributed by atoms with Crippen LogP contribution < -0.4 is 0 Å². The summed E-state index contributed by atoms with van der Waals surface area (Å²) < 4.78 is 7.70. The fourth-order valence-electron chi connectivity index (χ4n) is 3.03. The first kappa shape index (κ1) is 17.7. The molecule has 1 saturated heterocycles. The number of ether oxygens (including phenoxy) is 1. The van der Waals surface area contributed by atoms with Crippen molar-refractivity contribution >= 4 is 5.91 Å². The highest BCUT2D eigenvalue weighted by molar-refractivity contribution is 5.93. The van der Waals surface area contributed by atoms with Gasteiger partial charge in [0.05, 0.1) is 30.0 Å². The second-order valence-electron chi connectivity index (χ2n) is 7.61. The van der Waals surface area contributed by atoms with Gasteiger partial charge in [-0.15, -0.1) is 0 Å². The summed E-state index contributed by atoms with van der Waals surface area (Å²) in [5, 5.41) is 4.34. The van der Waals surface area contributed by atoms with Gasteiger partial charge in [0.2, 0.25) is 0 Å². The molecule has 2 heterocycles. The highest BCUT2D eigenvalue weighted by Crippen LogP contribution is 2.17. The molecule has 0 saturated carbocycles. The Labute approximate surface area is 149 Å². The molecular weight excluding hydrogens is 314 g/mol. The maximum absolute atomic E-state index is 12.8. The minimum atomic E-state index is -0.123. The summed E-state index contributed by atoms with van der Waals surface area (Å²) in [6.07, 6.45) is 5.50. The van der Waals surface area contributed by atoms with E-state index < -0.39 is 0 Å². The van der Waals surface area contributed by atoms with Crippen LogP contribution in [0.5, 0.6) is 0 Å². The van der Waals surface area contributed by atoms with Gasteiger partial charge < -0.3 is 9.64 Å². The number of benzene rings is 1. The molecule has 0 unspecified atom stereocenters. The van der Waals surface area contributed by atoms with Crippen LogP contribution in [0.3, 0.4) is 0 Å². The first-order valence-corrected chi connectivity index (χ1v) is 8.93. The van der Waals surface area contributed by atoms with Gasteiger partial charge in [-0.2, -0.15) is 5.10 Å². The molecule has 5 nitrogen and oxygen atoms in total. The fourth-order valence-corrected chi connectivity index (χ4v) is 3.03. The molecule has 5 heteroatoms. The van der Waals surface area contributed by atoms with Crippen molar-refractivity contribution < 1.29 is 9.53 Å². The lowest BCUT2D eigenvalue weighted by atomic mass is 10.1. The Bertz CT molecular complexity index is 703. The van der Waals surface area contributed by atoms with Crippen molar-refractivity contribution in [2.24, 2.45) is 0 Å². The van der Waals surface area contributed by atoms with E-state index in [0.29, 0.717) is 25.3 Å². The highest BCUT2D eigenvalue weighted by atomic mass is 16.5. The zero-order chi connectivity index (χ0) is 17.9. The average Bonchev–Trinajstić information content (AvgIpc) is 3.11. The van der Waals surface area contributed by atoms with Crippen LogP contribution in [0.25, 0.3) is 0 Å². The molecule has 1 atom stereocenters. The van der Waals surface area contributed by atoms with Crippen molar-refractivity contribution in [3.63, 3.8) is 0 Å². The standard InChI is InChI=1S/C20H27N3O2/c1-20(2,3)23-14-17(13-21-23)19(24)22-11-12-25-18(15-22)10-9-16-7-5-4-6-8-16/h4-8,13-14,18H,9-12,15H2,1-3H3/t18-/m1/s1. The van der Waals surface area contributed by atoms with Gasteiger partial charge in [0.15, 0.2) is 0 Å². The SMILES string of the molecule is CC(C)(C)n1cc(C(=O)N2CCO[C@H](CCc3ccccc3)C2)cn1. The van der Waals surface area contributed by atoms with Crippen LogP contribution >= 0.6 is 0 Å². The molecule has 0 bridgehead atoms. The second kappa shape index (κ2) is 7.40. The zero-order valence-corrected chi connectivity index (χ0v) is 15.3. The van der Waals surface area contributed by atoms with Crippen LogP contribution in [0.2, 0.25) is 0 Å². The van der Waals surface area contributed by atoms with Crippen LogP contribution in [0.4, 0.5) is 0 Å². The summed E-state index contributed by atoms with van der Waals surface area (Å²) in [4.78, 5) is 14.7.